The van der Waals surface area contributed by atoms with Crippen LogP contribution in [0.5, 0.6) is 0 Å². The van der Waals surface area contributed by atoms with Gasteiger partial charge < -0.3 is 10.6 Å². The molecule has 0 bridgehead atoms. The van der Waals surface area contributed by atoms with E-state index in [4.69, 9.17) is 0 Å². The molecule has 0 radical (unpaired) electrons. The molecule has 0 aliphatic heterocycles. The van der Waals surface area contributed by atoms with Crippen LogP contribution in [0, 0.1) is 0 Å². The molecule has 46 heavy (non-hydrogen) atoms. The summed E-state index contributed by atoms with van der Waals surface area (Å²) < 4.78 is 160. The summed E-state index contributed by atoms with van der Waals surface area (Å²) in [5, 5.41) is 7.73. The molecule has 0 saturated heterocycles. The van der Waals surface area contributed by atoms with Crippen molar-refractivity contribution in [1.82, 2.24) is 0 Å². The number of halogens is 12. The van der Waals surface area contributed by atoms with E-state index in [0.717, 1.165) is 0 Å². The lowest BCUT2D eigenvalue weighted by Gasteiger charge is -2.17. The molecule has 5 rings (SSSR count). The van der Waals surface area contributed by atoms with Crippen molar-refractivity contribution in [2.75, 3.05) is 10.6 Å². The second kappa shape index (κ2) is 11.6. The molecule has 5 aromatic carbocycles. The van der Waals surface area contributed by atoms with Gasteiger partial charge in [0.25, 0.3) is 0 Å². The normalized spacial score (nSPS) is 13.0. The van der Waals surface area contributed by atoms with Gasteiger partial charge in [0, 0.05) is 24.5 Å². The van der Waals surface area contributed by atoms with E-state index in [9.17, 15) is 52.7 Å². The van der Waals surface area contributed by atoms with Gasteiger partial charge in [0.15, 0.2) is 0 Å². The van der Waals surface area contributed by atoms with Crippen molar-refractivity contribution < 1.29 is 52.7 Å². The standard InChI is InChI=1S/C32H20F12N2/c33-29(34,35)21-8-22(30(36,37)38)11-25(10-21)45-15-19-5-1-3-17-7-18-4-2-6-20(28(18)14-27(17)19)16-46-26-12-23(31(39,40)41)9-24(13-26)32(42,43)44/h1-14,45-46H,15-16H2. The molecule has 0 aromatic heterocycles. The van der Waals surface area contributed by atoms with Gasteiger partial charge in [0.1, 0.15) is 0 Å². The second-order valence-electron chi connectivity index (χ2n) is 10.4. The molecule has 0 fully saturated rings. The van der Waals surface area contributed by atoms with Crippen molar-refractivity contribution in [2.45, 2.75) is 37.8 Å². The molecule has 0 spiro atoms. The Morgan fingerprint density at radius 2 is 0.717 bits per heavy atom. The second-order valence-corrected chi connectivity index (χ2v) is 10.4. The molecule has 2 N–H and O–H groups in total. The van der Waals surface area contributed by atoms with E-state index in [1.54, 1.807) is 48.5 Å². The van der Waals surface area contributed by atoms with E-state index in [1.165, 1.54) is 0 Å². The minimum Gasteiger partial charge on any atom is -0.381 e. The van der Waals surface area contributed by atoms with Crippen LogP contribution in [0.25, 0.3) is 21.5 Å². The summed E-state index contributed by atoms with van der Waals surface area (Å²) >= 11 is 0. The van der Waals surface area contributed by atoms with Gasteiger partial charge in [-0.25, -0.2) is 0 Å². The van der Waals surface area contributed by atoms with Gasteiger partial charge in [-0.2, -0.15) is 52.7 Å². The fraction of sp³-hybridized carbons (Fsp3) is 0.188. The molecule has 0 amide bonds. The quantitative estimate of drug-likeness (QED) is 0.140. The lowest BCUT2D eigenvalue weighted by atomic mass is 9.96. The minimum atomic E-state index is -5.02. The number of anilines is 2. The van der Waals surface area contributed by atoms with Gasteiger partial charge in [0.2, 0.25) is 0 Å². The Hall–Kier alpha value is -4.62. The average Bonchev–Trinajstić information content (AvgIpc) is 2.96. The van der Waals surface area contributed by atoms with E-state index in [-0.39, 0.29) is 25.2 Å². The van der Waals surface area contributed by atoms with Crippen LogP contribution in [0.1, 0.15) is 33.4 Å². The Balaban J connectivity index is 1.48. The van der Waals surface area contributed by atoms with Crippen LogP contribution in [0.15, 0.2) is 84.9 Å². The van der Waals surface area contributed by atoms with Crippen molar-refractivity contribution in [2.24, 2.45) is 0 Å². The highest BCUT2D eigenvalue weighted by Gasteiger charge is 2.38. The van der Waals surface area contributed by atoms with Crippen LogP contribution in [-0.2, 0) is 37.8 Å². The number of benzene rings is 5. The van der Waals surface area contributed by atoms with Crippen LogP contribution in [0.3, 0.4) is 0 Å². The summed E-state index contributed by atoms with van der Waals surface area (Å²) in [7, 11) is 0. The molecule has 2 nitrogen and oxygen atoms in total. The Morgan fingerprint density at radius 3 is 1.02 bits per heavy atom. The monoisotopic (exact) mass is 660 g/mol. The number of nitrogens with one attached hydrogen (secondary N) is 2. The van der Waals surface area contributed by atoms with Gasteiger partial charge in [-0.05, 0) is 81.2 Å². The van der Waals surface area contributed by atoms with Crippen LogP contribution in [-0.4, -0.2) is 0 Å². The zero-order valence-corrected chi connectivity index (χ0v) is 23.0. The average molecular weight is 661 g/mol. The van der Waals surface area contributed by atoms with Crippen molar-refractivity contribution in [1.29, 1.82) is 0 Å². The summed E-state index contributed by atoms with van der Waals surface area (Å²) in [4.78, 5) is 0. The van der Waals surface area contributed by atoms with Crippen LogP contribution in [0.2, 0.25) is 0 Å². The molecule has 0 heterocycles. The number of rotatable bonds is 6. The predicted octanol–water partition coefficient (Wildman–Crippen LogP) is 11.3. The SMILES string of the molecule is FC(F)(F)c1cc(NCc2cccc3cc4cccc(CNc5cc(C(F)(F)F)cc(C(F)(F)F)c5)c4cc23)cc(C(F)(F)F)c1. The fourth-order valence-electron chi connectivity index (χ4n) is 5.00. The Labute approximate surface area is 252 Å². The third-order valence-electron chi connectivity index (χ3n) is 7.20. The van der Waals surface area contributed by atoms with Crippen molar-refractivity contribution >= 4 is 32.9 Å². The van der Waals surface area contributed by atoms with Crippen molar-refractivity contribution in [3.63, 3.8) is 0 Å². The molecular weight excluding hydrogens is 640 g/mol. The lowest BCUT2D eigenvalue weighted by Crippen LogP contribution is -2.12. The maximum Gasteiger partial charge on any atom is 0.416 e. The maximum atomic E-state index is 13.3. The van der Waals surface area contributed by atoms with Crippen LogP contribution in [0.4, 0.5) is 64.1 Å². The molecule has 0 aliphatic rings. The van der Waals surface area contributed by atoms with E-state index in [0.29, 0.717) is 56.9 Å². The van der Waals surface area contributed by atoms with Crippen molar-refractivity contribution in [3.05, 3.63) is 118 Å². The fourth-order valence-corrected chi connectivity index (χ4v) is 5.00. The molecule has 0 aliphatic carbocycles. The number of fused-ring (bicyclic) bond motifs is 2. The first-order valence-electron chi connectivity index (χ1n) is 13.3. The van der Waals surface area contributed by atoms with Gasteiger partial charge in [-0.3, -0.25) is 0 Å². The van der Waals surface area contributed by atoms with E-state index in [2.05, 4.69) is 10.6 Å². The first kappa shape index (κ1) is 32.8. The lowest BCUT2D eigenvalue weighted by molar-refractivity contribution is -0.144. The Morgan fingerprint density at radius 1 is 0.391 bits per heavy atom. The van der Waals surface area contributed by atoms with Crippen molar-refractivity contribution in [3.8, 4) is 0 Å². The first-order valence-corrected chi connectivity index (χ1v) is 13.3. The molecule has 14 heteroatoms. The Bertz CT molecular complexity index is 1700. The maximum absolute atomic E-state index is 13.3. The summed E-state index contributed by atoms with van der Waals surface area (Å²) in [6, 6.07) is 15.8. The van der Waals surface area contributed by atoms with E-state index >= 15 is 0 Å². The summed E-state index contributed by atoms with van der Waals surface area (Å²) in [5.41, 5.74) is -5.74. The molecule has 0 atom stereocenters. The molecular formula is C32H20F12N2. The van der Waals surface area contributed by atoms with E-state index in [1.807, 2.05) is 0 Å². The van der Waals surface area contributed by atoms with Gasteiger partial charge in [-0.15, -0.1) is 0 Å². The largest absolute Gasteiger partial charge is 0.416 e. The molecule has 242 valence electrons. The van der Waals surface area contributed by atoms with Crippen LogP contribution < -0.4 is 10.6 Å². The highest BCUT2D eigenvalue weighted by Crippen LogP contribution is 2.39. The summed E-state index contributed by atoms with van der Waals surface area (Å²) in [6.45, 7) is -0.349. The van der Waals surface area contributed by atoms with Gasteiger partial charge in [-0.1, -0.05) is 36.4 Å². The van der Waals surface area contributed by atoms with Gasteiger partial charge >= 0.3 is 24.7 Å². The van der Waals surface area contributed by atoms with E-state index < -0.39 is 58.3 Å². The zero-order valence-electron chi connectivity index (χ0n) is 23.0. The zero-order chi connectivity index (χ0) is 33.7. The minimum absolute atomic E-state index is 0.0219. The smallest absolute Gasteiger partial charge is 0.381 e. The topological polar surface area (TPSA) is 24.1 Å². The number of hydrogen-bond acceptors (Lipinski definition) is 2. The van der Waals surface area contributed by atoms with Gasteiger partial charge in [0.05, 0.1) is 22.3 Å². The Kier molecular flexibility index (Phi) is 8.28. The first-order chi connectivity index (χ1) is 21.3. The predicted molar refractivity (Wildman–Crippen MR) is 149 cm³/mol. The third-order valence-corrected chi connectivity index (χ3v) is 7.20. The molecule has 0 saturated carbocycles. The number of hydrogen-bond donors (Lipinski definition) is 2. The third kappa shape index (κ3) is 7.26. The highest BCUT2D eigenvalue weighted by molar-refractivity contribution is 6.01. The highest BCUT2D eigenvalue weighted by atomic mass is 19.4. The molecule has 0 unspecified atom stereocenters. The summed E-state index contributed by atoms with van der Waals surface area (Å²) in [6.07, 6.45) is -20.1. The number of alkyl halides is 12. The van der Waals surface area contributed by atoms with Crippen LogP contribution >= 0.6 is 0 Å². The molecule has 5 aromatic rings. The summed E-state index contributed by atoms with van der Waals surface area (Å²) in [5.74, 6) is 0.